The Morgan fingerprint density at radius 3 is 2.60 bits per heavy atom. The Labute approximate surface area is 118 Å². The van der Waals surface area contributed by atoms with Gasteiger partial charge in [-0.25, -0.2) is 0 Å². The van der Waals surface area contributed by atoms with E-state index in [-0.39, 0.29) is 30.2 Å². The van der Waals surface area contributed by atoms with Gasteiger partial charge in [0.1, 0.15) is 5.75 Å². The molecule has 3 aliphatic rings. The Balaban J connectivity index is 1.52. The first-order valence-electron chi connectivity index (χ1n) is 7.47. The van der Waals surface area contributed by atoms with Crippen molar-refractivity contribution in [1.29, 1.82) is 0 Å². The minimum atomic E-state index is -0.370. The molecular weight excluding hydrogens is 254 g/mol. The Bertz CT molecular complexity index is 505. The smallest absolute Gasteiger partial charge is 0.264 e. The van der Waals surface area contributed by atoms with E-state index in [1.807, 2.05) is 29.2 Å². The van der Waals surface area contributed by atoms with E-state index in [9.17, 15) is 9.90 Å². The van der Waals surface area contributed by atoms with Crippen LogP contribution < -0.4 is 4.74 Å². The van der Waals surface area contributed by atoms with Crippen LogP contribution in [0.4, 0.5) is 0 Å². The van der Waals surface area contributed by atoms with Crippen molar-refractivity contribution in [2.75, 3.05) is 0 Å². The normalized spacial score (nSPS) is 34.8. The van der Waals surface area contributed by atoms with E-state index in [1.165, 1.54) is 0 Å². The van der Waals surface area contributed by atoms with Crippen LogP contribution in [0.15, 0.2) is 24.3 Å². The highest BCUT2D eigenvalue weighted by Crippen LogP contribution is 2.38. The summed E-state index contributed by atoms with van der Waals surface area (Å²) in [5.41, 5.74) is 1.12. The molecule has 106 valence electrons. The summed E-state index contributed by atoms with van der Waals surface area (Å²) < 4.78 is 5.82. The van der Waals surface area contributed by atoms with Crippen LogP contribution in [0.3, 0.4) is 0 Å². The van der Waals surface area contributed by atoms with Gasteiger partial charge in [0.15, 0.2) is 6.10 Å². The molecule has 1 aromatic carbocycles. The first kappa shape index (κ1) is 12.2. The molecule has 0 radical (unpaired) electrons. The fourth-order valence-electron chi connectivity index (χ4n) is 3.99. The van der Waals surface area contributed by atoms with Crippen LogP contribution in [0.1, 0.15) is 31.2 Å². The van der Waals surface area contributed by atoms with Gasteiger partial charge in [-0.3, -0.25) is 4.79 Å². The summed E-state index contributed by atoms with van der Waals surface area (Å²) in [4.78, 5) is 14.8. The maximum Gasteiger partial charge on any atom is 0.264 e. The molecule has 1 aromatic rings. The highest BCUT2D eigenvalue weighted by atomic mass is 16.5. The van der Waals surface area contributed by atoms with Gasteiger partial charge in [-0.1, -0.05) is 18.2 Å². The average molecular weight is 273 g/mol. The van der Waals surface area contributed by atoms with Gasteiger partial charge in [-0.2, -0.15) is 0 Å². The molecule has 3 unspecified atom stereocenters. The lowest BCUT2D eigenvalue weighted by molar-refractivity contribution is -0.144. The molecule has 0 aliphatic carbocycles. The van der Waals surface area contributed by atoms with Crippen LogP contribution in [0.5, 0.6) is 5.75 Å². The second-order valence-corrected chi connectivity index (χ2v) is 6.17. The molecule has 2 bridgehead atoms. The van der Waals surface area contributed by atoms with E-state index < -0.39 is 0 Å². The summed E-state index contributed by atoms with van der Waals surface area (Å²) >= 11 is 0. The molecule has 0 spiro atoms. The average Bonchev–Trinajstić information content (AvgIpc) is 2.98. The first-order chi connectivity index (χ1) is 9.72. The maximum absolute atomic E-state index is 12.8. The minimum Gasteiger partial charge on any atom is -0.480 e. The molecule has 0 saturated carbocycles. The Morgan fingerprint density at radius 2 is 1.90 bits per heavy atom. The number of benzene rings is 1. The van der Waals surface area contributed by atoms with Crippen molar-refractivity contribution in [2.45, 2.75) is 56.4 Å². The molecule has 3 aliphatic heterocycles. The number of hydrogen-bond acceptors (Lipinski definition) is 3. The molecule has 20 heavy (non-hydrogen) atoms. The summed E-state index contributed by atoms with van der Waals surface area (Å²) in [6, 6.07) is 8.30. The molecule has 4 nitrogen and oxygen atoms in total. The van der Waals surface area contributed by atoms with Crippen molar-refractivity contribution in [2.24, 2.45) is 0 Å². The predicted octanol–water partition coefficient (Wildman–Crippen LogP) is 1.50. The lowest BCUT2D eigenvalue weighted by Gasteiger charge is -2.38. The number of aliphatic hydroxyl groups excluding tert-OH is 1. The van der Waals surface area contributed by atoms with Crippen molar-refractivity contribution in [3.63, 3.8) is 0 Å². The van der Waals surface area contributed by atoms with Gasteiger partial charge >= 0.3 is 0 Å². The van der Waals surface area contributed by atoms with Crippen molar-refractivity contribution in [1.82, 2.24) is 4.90 Å². The zero-order valence-electron chi connectivity index (χ0n) is 11.4. The van der Waals surface area contributed by atoms with Crippen molar-refractivity contribution in [3.8, 4) is 5.75 Å². The van der Waals surface area contributed by atoms with Gasteiger partial charge in [0, 0.05) is 18.5 Å². The summed E-state index contributed by atoms with van der Waals surface area (Å²) in [6.07, 6.45) is 3.56. The Morgan fingerprint density at radius 1 is 1.20 bits per heavy atom. The Kier molecular flexibility index (Phi) is 2.74. The zero-order chi connectivity index (χ0) is 13.7. The third kappa shape index (κ3) is 1.82. The second kappa shape index (κ2) is 4.48. The molecule has 3 heterocycles. The fraction of sp³-hybridized carbons (Fsp3) is 0.562. The number of ether oxygens (including phenoxy) is 1. The number of carbonyl (C=O) groups is 1. The second-order valence-electron chi connectivity index (χ2n) is 6.17. The van der Waals surface area contributed by atoms with Crippen molar-refractivity contribution >= 4 is 5.91 Å². The van der Waals surface area contributed by atoms with Crippen LogP contribution in [-0.2, 0) is 11.2 Å². The molecule has 2 fully saturated rings. The molecule has 1 amide bonds. The molecule has 2 saturated heterocycles. The molecule has 0 aromatic heterocycles. The largest absolute Gasteiger partial charge is 0.480 e. The molecule has 4 rings (SSSR count). The highest BCUT2D eigenvalue weighted by molar-refractivity contribution is 5.83. The Hall–Kier alpha value is -1.55. The minimum absolute atomic E-state index is 0.112. The molecular formula is C16H19NO3. The lowest BCUT2D eigenvalue weighted by Crippen LogP contribution is -2.52. The molecule has 4 heteroatoms. The van der Waals surface area contributed by atoms with Gasteiger partial charge in [-0.15, -0.1) is 0 Å². The van der Waals surface area contributed by atoms with E-state index >= 15 is 0 Å². The van der Waals surface area contributed by atoms with Crippen molar-refractivity contribution < 1.29 is 14.6 Å². The SMILES string of the molecule is O=C(C1Cc2ccccc2O1)N1C2CCC1CC(O)C2. The van der Waals surface area contributed by atoms with E-state index in [2.05, 4.69) is 0 Å². The molecule has 1 N–H and O–H groups in total. The van der Waals surface area contributed by atoms with Gasteiger partial charge < -0.3 is 14.7 Å². The number of hydrogen-bond donors (Lipinski definition) is 1. The highest BCUT2D eigenvalue weighted by Gasteiger charge is 2.46. The van der Waals surface area contributed by atoms with Crippen LogP contribution in [0, 0.1) is 0 Å². The van der Waals surface area contributed by atoms with Crippen LogP contribution >= 0.6 is 0 Å². The molecule has 3 atom stereocenters. The number of para-hydroxylation sites is 1. The van der Waals surface area contributed by atoms with E-state index in [1.54, 1.807) is 0 Å². The summed E-state index contributed by atoms with van der Waals surface area (Å²) in [5, 5.41) is 9.83. The topological polar surface area (TPSA) is 49.8 Å². The number of rotatable bonds is 1. The first-order valence-corrected chi connectivity index (χ1v) is 7.47. The zero-order valence-corrected chi connectivity index (χ0v) is 11.4. The van der Waals surface area contributed by atoms with E-state index in [4.69, 9.17) is 4.74 Å². The summed E-state index contributed by atoms with van der Waals surface area (Å²) in [6.45, 7) is 0. The quantitative estimate of drug-likeness (QED) is 0.843. The summed E-state index contributed by atoms with van der Waals surface area (Å²) in [5.74, 6) is 0.954. The lowest BCUT2D eigenvalue weighted by atomic mass is 9.98. The number of piperidine rings is 1. The van der Waals surface area contributed by atoms with Gasteiger partial charge in [-0.05, 0) is 37.3 Å². The van der Waals surface area contributed by atoms with Gasteiger partial charge in [0.05, 0.1) is 6.10 Å². The number of fused-ring (bicyclic) bond motifs is 3. The number of amides is 1. The number of carbonyl (C=O) groups excluding carboxylic acids is 1. The van der Waals surface area contributed by atoms with Crippen LogP contribution in [-0.4, -0.2) is 40.2 Å². The maximum atomic E-state index is 12.8. The predicted molar refractivity (Wildman–Crippen MR) is 73.5 cm³/mol. The fourth-order valence-corrected chi connectivity index (χ4v) is 3.99. The standard InChI is InChI=1S/C16H19NO3/c18-13-8-11-5-6-12(9-13)17(11)16(19)15-7-10-3-1-2-4-14(10)20-15/h1-4,11-13,15,18H,5-9H2. The van der Waals surface area contributed by atoms with E-state index in [0.29, 0.717) is 6.42 Å². The third-order valence-electron chi connectivity index (χ3n) is 4.89. The van der Waals surface area contributed by atoms with Gasteiger partial charge in [0.25, 0.3) is 5.91 Å². The van der Waals surface area contributed by atoms with Crippen LogP contribution in [0.2, 0.25) is 0 Å². The third-order valence-corrected chi connectivity index (χ3v) is 4.89. The van der Waals surface area contributed by atoms with Crippen molar-refractivity contribution in [3.05, 3.63) is 29.8 Å². The van der Waals surface area contributed by atoms with Gasteiger partial charge in [0.2, 0.25) is 0 Å². The van der Waals surface area contributed by atoms with Crippen LogP contribution in [0.25, 0.3) is 0 Å². The monoisotopic (exact) mass is 273 g/mol. The number of nitrogens with zero attached hydrogens (tertiary/aromatic N) is 1. The van der Waals surface area contributed by atoms with E-state index in [0.717, 1.165) is 37.0 Å². The summed E-state index contributed by atoms with van der Waals surface area (Å²) in [7, 11) is 0. The number of aliphatic hydroxyl groups is 1.